The molecule has 2 aliphatic carbocycles. The van der Waals surface area contributed by atoms with Crippen LogP contribution in [0.25, 0.3) is 0 Å². The number of anilines is 1. The molecule has 7 heteroatoms. The molecule has 28 heavy (non-hydrogen) atoms. The van der Waals surface area contributed by atoms with Gasteiger partial charge in [0.2, 0.25) is 0 Å². The van der Waals surface area contributed by atoms with Crippen LogP contribution < -0.4 is 5.32 Å². The van der Waals surface area contributed by atoms with E-state index in [9.17, 15) is 20.0 Å². The molecule has 3 aliphatic rings. The molecule has 0 saturated heterocycles. The van der Waals surface area contributed by atoms with E-state index in [0.29, 0.717) is 22.8 Å². The molecule has 2 bridgehead atoms. The van der Waals surface area contributed by atoms with Gasteiger partial charge >= 0.3 is 5.97 Å². The Morgan fingerprint density at radius 1 is 1.18 bits per heavy atom. The summed E-state index contributed by atoms with van der Waals surface area (Å²) in [5, 5.41) is 24.4. The summed E-state index contributed by atoms with van der Waals surface area (Å²) in [6.45, 7) is 0. The number of carboxylic acid groups (broad SMARTS) is 1. The third-order valence-electron chi connectivity index (χ3n) is 6.86. The van der Waals surface area contributed by atoms with Gasteiger partial charge in [-0.15, -0.1) is 0 Å². The van der Waals surface area contributed by atoms with Gasteiger partial charge in [-0.3, -0.25) is 10.1 Å². The van der Waals surface area contributed by atoms with Crippen LogP contribution in [0.2, 0.25) is 5.02 Å². The first-order valence-electron chi connectivity index (χ1n) is 9.51. The Kier molecular flexibility index (Phi) is 3.88. The number of nitrogens with zero attached hydrogens (tertiary/aromatic N) is 1. The number of carboxylic acids is 1. The molecule has 2 aromatic carbocycles. The lowest BCUT2D eigenvalue weighted by Crippen LogP contribution is -2.35. The number of carbonyl (C=O) groups is 1. The highest BCUT2D eigenvalue weighted by Gasteiger charge is 2.54. The average Bonchev–Trinajstić information content (AvgIpc) is 3.30. The van der Waals surface area contributed by atoms with Gasteiger partial charge < -0.3 is 10.4 Å². The maximum absolute atomic E-state index is 11.3. The van der Waals surface area contributed by atoms with Crippen molar-refractivity contribution in [3.63, 3.8) is 0 Å². The number of hydrogen-bond donors (Lipinski definition) is 2. The Balaban J connectivity index is 1.62. The van der Waals surface area contributed by atoms with Crippen molar-refractivity contribution in [3.8, 4) is 0 Å². The second-order valence-corrected chi connectivity index (χ2v) is 8.54. The molecule has 5 atom stereocenters. The molecule has 1 aliphatic heterocycles. The molecule has 0 aromatic heterocycles. The Labute approximate surface area is 166 Å². The molecule has 2 fully saturated rings. The van der Waals surface area contributed by atoms with E-state index in [-0.39, 0.29) is 28.1 Å². The molecule has 2 aromatic rings. The summed E-state index contributed by atoms with van der Waals surface area (Å²) in [4.78, 5) is 22.1. The Morgan fingerprint density at radius 2 is 1.89 bits per heavy atom. The zero-order valence-electron chi connectivity index (χ0n) is 15.0. The molecule has 5 rings (SSSR count). The Morgan fingerprint density at radius 3 is 2.57 bits per heavy atom. The number of aromatic carboxylic acids is 1. The summed E-state index contributed by atoms with van der Waals surface area (Å²) in [7, 11) is 0. The van der Waals surface area contributed by atoms with Gasteiger partial charge in [0.1, 0.15) is 0 Å². The zero-order valence-corrected chi connectivity index (χ0v) is 15.7. The van der Waals surface area contributed by atoms with Crippen LogP contribution in [0, 0.1) is 27.9 Å². The third kappa shape index (κ3) is 2.51. The molecule has 2 saturated carbocycles. The van der Waals surface area contributed by atoms with Crippen molar-refractivity contribution < 1.29 is 14.8 Å². The molecule has 0 spiro atoms. The van der Waals surface area contributed by atoms with E-state index in [0.717, 1.165) is 29.7 Å². The van der Waals surface area contributed by atoms with Gasteiger partial charge in [0.25, 0.3) is 5.69 Å². The quantitative estimate of drug-likeness (QED) is 0.544. The summed E-state index contributed by atoms with van der Waals surface area (Å²) in [6.07, 6.45) is 3.46. The monoisotopic (exact) mass is 398 g/mol. The highest BCUT2D eigenvalue weighted by molar-refractivity contribution is 6.33. The minimum atomic E-state index is -0.943. The van der Waals surface area contributed by atoms with Crippen molar-refractivity contribution >= 4 is 28.9 Å². The van der Waals surface area contributed by atoms with E-state index in [2.05, 4.69) is 5.32 Å². The van der Waals surface area contributed by atoms with Gasteiger partial charge in [-0.05, 0) is 66.2 Å². The number of hydrogen-bond acceptors (Lipinski definition) is 4. The van der Waals surface area contributed by atoms with E-state index in [1.165, 1.54) is 12.5 Å². The fourth-order valence-electron chi connectivity index (χ4n) is 5.80. The van der Waals surface area contributed by atoms with Crippen molar-refractivity contribution in [2.45, 2.75) is 31.2 Å². The summed E-state index contributed by atoms with van der Waals surface area (Å²) in [6, 6.07) is 10.1. The molecule has 0 amide bonds. The molecule has 0 radical (unpaired) electrons. The lowest BCUT2D eigenvalue weighted by Gasteiger charge is -2.43. The number of benzene rings is 2. The molecule has 144 valence electrons. The predicted molar refractivity (Wildman–Crippen MR) is 105 cm³/mol. The third-order valence-corrected chi connectivity index (χ3v) is 7.16. The second-order valence-electron chi connectivity index (χ2n) is 8.13. The molecular formula is C21H19ClN2O4. The smallest absolute Gasteiger partial charge is 0.335 e. The number of non-ortho nitro benzene ring substituents is 1. The predicted octanol–water partition coefficient (Wildman–Crippen LogP) is 5.24. The largest absolute Gasteiger partial charge is 0.478 e. The molecule has 2 N–H and O–H groups in total. The summed E-state index contributed by atoms with van der Waals surface area (Å²) in [5.74, 6) is 0.728. The first kappa shape index (κ1) is 17.5. The van der Waals surface area contributed by atoms with Crippen LogP contribution >= 0.6 is 11.6 Å². The normalized spacial score (nSPS) is 29.7. The van der Waals surface area contributed by atoms with Crippen molar-refractivity contribution in [3.05, 3.63) is 68.2 Å². The molecule has 1 heterocycles. The van der Waals surface area contributed by atoms with Crippen LogP contribution in [-0.2, 0) is 0 Å². The lowest BCUT2D eigenvalue weighted by molar-refractivity contribution is -0.384. The van der Waals surface area contributed by atoms with Crippen LogP contribution in [0.3, 0.4) is 0 Å². The SMILES string of the molecule is O=C(O)c1ccc([C@@H]2Nc3c(Cl)cc([N+](=O)[O-])cc3[C@@H]3[C@H]4CC[C@@H](C4)[C@H]32)cc1. The topological polar surface area (TPSA) is 92.5 Å². The van der Waals surface area contributed by atoms with E-state index >= 15 is 0 Å². The van der Waals surface area contributed by atoms with Crippen molar-refractivity contribution in [2.24, 2.45) is 17.8 Å². The molecule has 6 nitrogen and oxygen atoms in total. The maximum Gasteiger partial charge on any atom is 0.335 e. The Hall–Kier alpha value is -2.60. The van der Waals surface area contributed by atoms with Crippen LogP contribution in [-0.4, -0.2) is 16.0 Å². The van der Waals surface area contributed by atoms with E-state index < -0.39 is 5.97 Å². The zero-order chi connectivity index (χ0) is 19.6. The van der Waals surface area contributed by atoms with Gasteiger partial charge in [0.05, 0.1) is 27.2 Å². The van der Waals surface area contributed by atoms with Crippen LogP contribution in [0.1, 0.15) is 52.7 Å². The number of rotatable bonds is 3. The minimum absolute atomic E-state index is 0.0228. The van der Waals surface area contributed by atoms with Crippen LogP contribution in [0.4, 0.5) is 11.4 Å². The van der Waals surface area contributed by atoms with Gasteiger partial charge in [-0.1, -0.05) is 23.7 Å². The number of nitrogens with one attached hydrogen (secondary N) is 1. The summed E-state index contributed by atoms with van der Waals surface area (Å²) < 4.78 is 0. The first-order chi connectivity index (χ1) is 13.4. The standard InChI is InChI=1S/C21H19ClN2O4/c22-16-9-14(24(27)28)8-15-17-12-5-6-13(7-12)18(17)19(23-20(15)16)10-1-3-11(4-2-10)21(25)26/h1-4,8-9,12-13,17-19,23H,5-7H2,(H,25,26)/t12-,13-,17-,18+,19-/m0/s1. The van der Waals surface area contributed by atoms with E-state index in [1.54, 1.807) is 18.2 Å². The lowest BCUT2D eigenvalue weighted by atomic mass is 9.68. The highest BCUT2D eigenvalue weighted by atomic mass is 35.5. The summed E-state index contributed by atoms with van der Waals surface area (Å²) in [5.41, 5.74) is 3.09. The van der Waals surface area contributed by atoms with Crippen molar-refractivity contribution in [1.82, 2.24) is 0 Å². The van der Waals surface area contributed by atoms with Crippen molar-refractivity contribution in [2.75, 3.05) is 5.32 Å². The first-order valence-corrected chi connectivity index (χ1v) is 9.89. The number of nitro groups is 1. The van der Waals surface area contributed by atoms with Gasteiger partial charge in [-0.25, -0.2) is 4.79 Å². The number of fused-ring (bicyclic) bond motifs is 7. The Bertz CT molecular complexity index is 991. The number of halogens is 1. The minimum Gasteiger partial charge on any atom is -0.478 e. The highest BCUT2D eigenvalue weighted by Crippen LogP contribution is 2.64. The average molecular weight is 399 g/mol. The van der Waals surface area contributed by atoms with Gasteiger partial charge in [-0.2, -0.15) is 0 Å². The van der Waals surface area contributed by atoms with E-state index in [4.69, 9.17) is 11.6 Å². The maximum atomic E-state index is 11.3. The fraction of sp³-hybridized carbons (Fsp3) is 0.381. The van der Waals surface area contributed by atoms with Crippen LogP contribution in [0.5, 0.6) is 0 Å². The number of nitro benzene ring substituents is 1. The van der Waals surface area contributed by atoms with Crippen molar-refractivity contribution in [1.29, 1.82) is 0 Å². The molecular weight excluding hydrogens is 380 g/mol. The van der Waals surface area contributed by atoms with Gasteiger partial charge in [0, 0.05) is 12.1 Å². The fourth-order valence-corrected chi connectivity index (χ4v) is 6.08. The van der Waals surface area contributed by atoms with Gasteiger partial charge in [0.15, 0.2) is 0 Å². The van der Waals surface area contributed by atoms with Crippen LogP contribution in [0.15, 0.2) is 36.4 Å². The van der Waals surface area contributed by atoms with E-state index in [1.807, 2.05) is 12.1 Å². The second kappa shape index (κ2) is 6.21. The summed E-state index contributed by atoms with van der Waals surface area (Å²) >= 11 is 6.46. The molecule has 0 unspecified atom stereocenters.